The normalized spacial score (nSPS) is 28.4. The summed E-state index contributed by atoms with van der Waals surface area (Å²) >= 11 is 6.39. The van der Waals surface area contributed by atoms with E-state index in [0.717, 1.165) is 23.8 Å². The van der Waals surface area contributed by atoms with Crippen LogP contribution in [0.2, 0.25) is 0 Å². The summed E-state index contributed by atoms with van der Waals surface area (Å²) in [5.74, 6) is -2.36. The predicted octanol–water partition coefficient (Wildman–Crippen LogP) is 2.74. The van der Waals surface area contributed by atoms with E-state index in [9.17, 15) is 14.0 Å². The van der Waals surface area contributed by atoms with Gasteiger partial charge in [0.05, 0.1) is 23.2 Å². The standard InChI is InChI=1S/C15H12ClFN2O2/c16-15-6-2-1-3-10(15)13(20)19(14(15)21)12-5-4-9(8-18)7-11(12)17/h4-5,7,10H,1-3,6H2. The summed E-state index contributed by atoms with van der Waals surface area (Å²) in [4.78, 5) is 24.6. The van der Waals surface area contributed by atoms with Crippen molar-refractivity contribution < 1.29 is 14.0 Å². The van der Waals surface area contributed by atoms with E-state index in [1.165, 1.54) is 12.1 Å². The Morgan fingerprint density at radius 3 is 2.76 bits per heavy atom. The van der Waals surface area contributed by atoms with Gasteiger partial charge in [0.2, 0.25) is 5.91 Å². The second-order valence-corrected chi connectivity index (χ2v) is 6.09. The van der Waals surface area contributed by atoms with Crippen molar-refractivity contribution >= 4 is 29.1 Å². The lowest BCUT2D eigenvalue weighted by Gasteiger charge is -2.28. The fraction of sp³-hybridized carbons (Fsp3) is 0.400. The van der Waals surface area contributed by atoms with Gasteiger partial charge >= 0.3 is 0 Å². The van der Waals surface area contributed by atoms with Crippen LogP contribution in [0, 0.1) is 23.1 Å². The quantitative estimate of drug-likeness (QED) is 0.592. The highest BCUT2D eigenvalue weighted by Gasteiger charge is 2.59. The van der Waals surface area contributed by atoms with Gasteiger partial charge in [-0.1, -0.05) is 12.8 Å². The van der Waals surface area contributed by atoms with Gasteiger partial charge in [0.25, 0.3) is 5.91 Å². The van der Waals surface area contributed by atoms with Crippen LogP contribution in [0.4, 0.5) is 10.1 Å². The molecule has 2 unspecified atom stereocenters. The molecule has 3 rings (SSSR count). The van der Waals surface area contributed by atoms with Crippen LogP contribution in [0.15, 0.2) is 18.2 Å². The number of halogens is 2. The zero-order chi connectivity index (χ0) is 15.2. The highest BCUT2D eigenvalue weighted by Crippen LogP contribution is 2.47. The predicted molar refractivity (Wildman–Crippen MR) is 74.2 cm³/mol. The van der Waals surface area contributed by atoms with Gasteiger partial charge < -0.3 is 0 Å². The van der Waals surface area contributed by atoms with Gasteiger partial charge in [0, 0.05) is 0 Å². The molecule has 2 fully saturated rings. The fourth-order valence-electron chi connectivity index (χ4n) is 3.14. The SMILES string of the molecule is N#Cc1ccc(N2C(=O)C3CCCCC3(Cl)C2=O)c(F)c1. The molecule has 1 aliphatic heterocycles. The van der Waals surface area contributed by atoms with E-state index in [0.29, 0.717) is 12.8 Å². The number of benzene rings is 1. The molecule has 0 N–H and O–H groups in total. The third kappa shape index (κ3) is 1.94. The molecule has 4 nitrogen and oxygen atoms in total. The first-order valence-corrected chi connectivity index (χ1v) is 7.14. The number of anilines is 1. The minimum absolute atomic E-state index is 0.126. The Kier molecular flexibility index (Phi) is 3.22. The number of carbonyl (C=O) groups is 2. The van der Waals surface area contributed by atoms with Gasteiger partial charge in [0.1, 0.15) is 10.7 Å². The van der Waals surface area contributed by atoms with Gasteiger partial charge in [-0.25, -0.2) is 9.29 Å². The number of hydrogen-bond donors (Lipinski definition) is 0. The molecule has 21 heavy (non-hydrogen) atoms. The zero-order valence-electron chi connectivity index (χ0n) is 11.1. The number of fused-ring (bicyclic) bond motifs is 1. The average Bonchev–Trinajstić information content (AvgIpc) is 2.67. The van der Waals surface area contributed by atoms with Gasteiger partial charge in [-0.15, -0.1) is 11.6 Å². The van der Waals surface area contributed by atoms with Crippen LogP contribution in [0.5, 0.6) is 0 Å². The first-order valence-electron chi connectivity index (χ1n) is 6.76. The van der Waals surface area contributed by atoms with Crippen molar-refractivity contribution in [3.05, 3.63) is 29.6 Å². The highest BCUT2D eigenvalue weighted by molar-refractivity contribution is 6.45. The Morgan fingerprint density at radius 2 is 2.14 bits per heavy atom. The van der Waals surface area contributed by atoms with Crippen LogP contribution < -0.4 is 4.90 Å². The van der Waals surface area contributed by atoms with E-state index in [1.807, 2.05) is 6.07 Å². The fourth-order valence-corrected chi connectivity index (χ4v) is 3.56. The van der Waals surface area contributed by atoms with Crippen molar-refractivity contribution in [3.63, 3.8) is 0 Å². The monoisotopic (exact) mass is 306 g/mol. The van der Waals surface area contributed by atoms with E-state index in [2.05, 4.69) is 0 Å². The van der Waals surface area contributed by atoms with Crippen molar-refractivity contribution in [1.29, 1.82) is 5.26 Å². The third-order valence-electron chi connectivity index (χ3n) is 4.23. The van der Waals surface area contributed by atoms with Crippen LogP contribution in [-0.4, -0.2) is 16.7 Å². The number of nitriles is 1. The van der Waals surface area contributed by atoms with E-state index >= 15 is 0 Å². The number of alkyl halides is 1. The van der Waals surface area contributed by atoms with Gasteiger partial charge in [-0.3, -0.25) is 9.59 Å². The summed E-state index contributed by atoms with van der Waals surface area (Å²) in [5.41, 5.74) is 0.00627. The maximum atomic E-state index is 14.1. The lowest BCUT2D eigenvalue weighted by Crippen LogP contribution is -2.40. The lowest BCUT2D eigenvalue weighted by atomic mass is 9.80. The molecule has 6 heteroatoms. The minimum Gasteiger partial charge on any atom is -0.274 e. The van der Waals surface area contributed by atoms with Crippen LogP contribution in [-0.2, 0) is 9.59 Å². The summed E-state index contributed by atoms with van der Waals surface area (Å²) in [6.07, 6.45) is 2.59. The van der Waals surface area contributed by atoms with Gasteiger partial charge in [-0.2, -0.15) is 5.26 Å². The molecule has 0 radical (unpaired) electrons. The number of amides is 2. The number of nitrogens with zero attached hydrogens (tertiary/aromatic N) is 2. The molecule has 0 bridgehead atoms. The second-order valence-electron chi connectivity index (χ2n) is 5.42. The summed E-state index contributed by atoms with van der Waals surface area (Å²) in [5, 5.41) is 8.75. The number of carbonyl (C=O) groups excluding carboxylic acids is 2. The smallest absolute Gasteiger partial charge is 0.255 e. The van der Waals surface area contributed by atoms with Crippen molar-refractivity contribution in [2.45, 2.75) is 30.6 Å². The maximum absolute atomic E-state index is 14.1. The Morgan fingerprint density at radius 1 is 1.38 bits per heavy atom. The molecule has 1 saturated heterocycles. The van der Waals surface area contributed by atoms with E-state index in [-0.39, 0.29) is 11.3 Å². The summed E-state index contributed by atoms with van der Waals surface area (Å²) in [6, 6.07) is 5.48. The molecule has 2 aliphatic rings. The molecule has 1 aliphatic carbocycles. The van der Waals surface area contributed by atoms with Crippen molar-refractivity contribution in [3.8, 4) is 6.07 Å². The molecule has 1 saturated carbocycles. The van der Waals surface area contributed by atoms with Crippen molar-refractivity contribution in [2.75, 3.05) is 4.90 Å². The minimum atomic E-state index is -1.24. The van der Waals surface area contributed by atoms with Gasteiger partial charge in [0.15, 0.2) is 0 Å². The Bertz CT molecular complexity index is 685. The van der Waals surface area contributed by atoms with Crippen LogP contribution in [0.1, 0.15) is 31.2 Å². The number of hydrogen-bond acceptors (Lipinski definition) is 3. The van der Waals surface area contributed by atoms with Crippen LogP contribution in [0.3, 0.4) is 0 Å². The molecule has 2 amide bonds. The topological polar surface area (TPSA) is 61.2 Å². The van der Waals surface area contributed by atoms with Crippen molar-refractivity contribution in [1.82, 2.24) is 0 Å². The average molecular weight is 307 g/mol. The van der Waals surface area contributed by atoms with Gasteiger partial charge in [-0.05, 0) is 31.0 Å². The molecule has 1 aromatic rings. The maximum Gasteiger partial charge on any atom is 0.255 e. The summed E-state index contributed by atoms with van der Waals surface area (Å²) in [6.45, 7) is 0. The van der Waals surface area contributed by atoms with E-state index in [4.69, 9.17) is 16.9 Å². The van der Waals surface area contributed by atoms with Crippen molar-refractivity contribution in [2.24, 2.45) is 5.92 Å². The summed E-state index contributed by atoms with van der Waals surface area (Å²) < 4.78 is 14.1. The summed E-state index contributed by atoms with van der Waals surface area (Å²) in [7, 11) is 0. The lowest BCUT2D eigenvalue weighted by molar-refractivity contribution is -0.122. The van der Waals surface area contributed by atoms with Crippen LogP contribution in [0.25, 0.3) is 0 Å². The van der Waals surface area contributed by atoms with E-state index < -0.39 is 28.4 Å². The third-order valence-corrected chi connectivity index (χ3v) is 4.84. The number of imide groups is 1. The Labute approximate surface area is 126 Å². The first-order chi connectivity index (χ1) is 9.99. The molecule has 2 atom stereocenters. The molecular weight excluding hydrogens is 295 g/mol. The van der Waals surface area contributed by atoms with Crippen LogP contribution >= 0.6 is 11.6 Å². The molecule has 108 valence electrons. The molecule has 1 aromatic carbocycles. The molecule has 0 aromatic heterocycles. The molecule has 1 heterocycles. The zero-order valence-corrected chi connectivity index (χ0v) is 11.9. The molecular formula is C15H12ClFN2O2. The second kappa shape index (κ2) is 4.81. The Balaban J connectivity index is 2.05. The first kappa shape index (κ1) is 14.0. The molecule has 0 spiro atoms. The largest absolute Gasteiger partial charge is 0.274 e. The van der Waals surface area contributed by atoms with E-state index in [1.54, 1.807) is 0 Å². The number of rotatable bonds is 1. The Hall–Kier alpha value is -1.93. The highest BCUT2D eigenvalue weighted by atomic mass is 35.5.